The monoisotopic (exact) mass is 409 g/mol. The second kappa shape index (κ2) is 9.91. The zero-order valence-electron chi connectivity index (χ0n) is 17.8. The Morgan fingerprint density at radius 3 is 2.60 bits per heavy atom. The largest absolute Gasteiger partial charge is 0.493 e. The second-order valence-corrected chi connectivity index (χ2v) is 7.15. The van der Waals surface area contributed by atoms with Crippen LogP contribution in [0.2, 0.25) is 0 Å². The van der Waals surface area contributed by atoms with Gasteiger partial charge >= 0.3 is 0 Å². The van der Waals surface area contributed by atoms with E-state index in [9.17, 15) is 4.79 Å². The van der Waals surface area contributed by atoms with Gasteiger partial charge in [-0.25, -0.2) is 0 Å². The summed E-state index contributed by atoms with van der Waals surface area (Å²) >= 11 is 0. The van der Waals surface area contributed by atoms with E-state index >= 15 is 0 Å². The lowest BCUT2D eigenvalue weighted by atomic mass is 10.1. The molecule has 7 nitrogen and oxygen atoms in total. The van der Waals surface area contributed by atoms with Crippen LogP contribution in [-0.2, 0) is 17.8 Å². The van der Waals surface area contributed by atoms with Crippen molar-refractivity contribution in [2.75, 3.05) is 7.11 Å². The van der Waals surface area contributed by atoms with E-state index in [4.69, 9.17) is 14.0 Å². The van der Waals surface area contributed by atoms with Gasteiger partial charge in [-0.3, -0.25) is 9.78 Å². The number of nitrogens with zero attached hydrogens (tertiary/aromatic N) is 2. The zero-order valence-corrected chi connectivity index (χ0v) is 17.8. The first-order chi connectivity index (χ1) is 14.5. The third kappa shape index (κ3) is 5.37. The van der Waals surface area contributed by atoms with Crippen molar-refractivity contribution >= 4 is 5.91 Å². The average molecular weight is 409 g/mol. The Labute approximate surface area is 176 Å². The van der Waals surface area contributed by atoms with Crippen molar-refractivity contribution in [3.63, 3.8) is 0 Å². The number of nitrogens with one attached hydrogen (secondary N) is 1. The number of rotatable bonds is 9. The Morgan fingerprint density at radius 2 is 1.93 bits per heavy atom. The maximum Gasteiger partial charge on any atom is 0.220 e. The Hall–Kier alpha value is -3.35. The number of carbonyl (C=O) groups excluding carboxylic acids is 1. The molecule has 0 aliphatic rings. The van der Waals surface area contributed by atoms with E-state index in [1.54, 1.807) is 19.5 Å². The summed E-state index contributed by atoms with van der Waals surface area (Å²) in [6, 6.07) is 9.33. The van der Waals surface area contributed by atoms with Crippen LogP contribution in [0.15, 0.2) is 47.2 Å². The molecule has 0 aliphatic carbocycles. The molecule has 0 radical (unpaired) electrons. The Kier molecular flexibility index (Phi) is 7.06. The van der Waals surface area contributed by atoms with Crippen molar-refractivity contribution in [1.82, 2.24) is 15.5 Å². The Bertz CT molecular complexity index is 966. The van der Waals surface area contributed by atoms with Gasteiger partial charge in [0.2, 0.25) is 5.91 Å². The van der Waals surface area contributed by atoms with E-state index in [2.05, 4.69) is 15.5 Å². The number of benzene rings is 1. The molecule has 0 fully saturated rings. The minimum Gasteiger partial charge on any atom is -0.493 e. The topological polar surface area (TPSA) is 86.5 Å². The molecule has 0 saturated heterocycles. The highest BCUT2D eigenvalue weighted by Gasteiger charge is 2.15. The summed E-state index contributed by atoms with van der Waals surface area (Å²) in [6.45, 7) is 6.11. The van der Waals surface area contributed by atoms with Crippen molar-refractivity contribution in [2.45, 2.75) is 46.3 Å². The summed E-state index contributed by atoms with van der Waals surface area (Å²) in [5.74, 6) is 2.01. The van der Waals surface area contributed by atoms with Crippen LogP contribution in [0, 0.1) is 13.8 Å². The van der Waals surface area contributed by atoms with Crippen molar-refractivity contribution < 1.29 is 18.8 Å². The van der Waals surface area contributed by atoms with Gasteiger partial charge in [0.1, 0.15) is 12.4 Å². The molecular weight excluding hydrogens is 382 g/mol. The molecule has 1 N–H and O–H groups in total. The summed E-state index contributed by atoms with van der Waals surface area (Å²) in [6.07, 6.45) is 4.44. The molecule has 1 amide bonds. The third-order valence-corrected chi connectivity index (χ3v) is 4.99. The fraction of sp³-hybridized carbons (Fsp3) is 0.348. The van der Waals surface area contributed by atoms with Crippen molar-refractivity contribution in [3.05, 3.63) is 70.9 Å². The summed E-state index contributed by atoms with van der Waals surface area (Å²) < 4.78 is 16.5. The molecule has 1 aromatic carbocycles. The molecule has 0 spiro atoms. The smallest absolute Gasteiger partial charge is 0.220 e. The van der Waals surface area contributed by atoms with Crippen LogP contribution in [0.1, 0.15) is 47.5 Å². The van der Waals surface area contributed by atoms with Gasteiger partial charge in [0.25, 0.3) is 0 Å². The van der Waals surface area contributed by atoms with E-state index in [1.165, 1.54) is 0 Å². The number of hydrogen-bond acceptors (Lipinski definition) is 6. The fourth-order valence-corrected chi connectivity index (χ4v) is 3.21. The molecule has 3 aromatic rings. The van der Waals surface area contributed by atoms with Gasteiger partial charge in [0.05, 0.1) is 18.8 Å². The first kappa shape index (κ1) is 21.4. The highest BCUT2D eigenvalue weighted by atomic mass is 16.5. The maximum atomic E-state index is 12.4. The first-order valence-corrected chi connectivity index (χ1v) is 9.88. The van der Waals surface area contributed by atoms with Gasteiger partial charge in [-0.2, -0.15) is 0 Å². The average Bonchev–Trinajstić information content (AvgIpc) is 3.08. The molecule has 2 heterocycles. The fourth-order valence-electron chi connectivity index (χ4n) is 3.21. The molecule has 30 heavy (non-hydrogen) atoms. The van der Waals surface area contributed by atoms with Gasteiger partial charge in [0, 0.05) is 24.4 Å². The molecule has 1 unspecified atom stereocenters. The number of ether oxygens (including phenoxy) is 2. The molecular formula is C23H27N3O4. The summed E-state index contributed by atoms with van der Waals surface area (Å²) in [7, 11) is 1.60. The van der Waals surface area contributed by atoms with E-state index in [0.29, 0.717) is 30.9 Å². The van der Waals surface area contributed by atoms with Crippen LogP contribution in [0.4, 0.5) is 0 Å². The first-order valence-electron chi connectivity index (χ1n) is 9.88. The summed E-state index contributed by atoms with van der Waals surface area (Å²) in [5, 5.41) is 6.96. The van der Waals surface area contributed by atoms with Gasteiger partial charge in [-0.15, -0.1) is 0 Å². The normalized spacial score (nSPS) is 11.7. The summed E-state index contributed by atoms with van der Waals surface area (Å²) in [5.41, 5.74) is 3.79. The van der Waals surface area contributed by atoms with E-state index < -0.39 is 0 Å². The number of hydrogen-bond donors (Lipinski definition) is 1. The van der Waals surface area contributed by atoms with Gasteiger partial charge in [-0.05, 0) is 62.6 Å². The van der Waals surface area contributed by atoms with Gasteiger partial charge in [-0.1, -0.05) is 11.2 Å². The second-order valence-electron chi connectivity index (χ2n) is 7.15. The molecule has 158 valence electrons. The molecule has 7 heteroatoms. The zero-order chi connectivity index (χ0) is 21.5. The van der Waals surface area contributed by atoms with E-state index in [-0.39, 0.29) is 11.9 Å². The van der Waals surface area contributed by atoms with E-state index in [1.807, 2.05) is 51.1 Å². The molecule has 0 bridgehead atoms. The molecule has 0 saturated carbocycles. The minimum atomic E-state index is -0.162. The molecule has 3 rings (SSSR count). The van der Waals surface area contributed by atoms with Crippen molar-refractivity contribution in [3.8, 4) is 11.5 Å². The van der Waals surface area contributed by atoms with Crippen LogP contribution in [-0.4, -0.2) is 23.2 Å². The van der Waals surface area contributed by atoms with E-state index in [0.717, 1.165) is 28.1 Å². The van der Waals surface area contributed by atoms with Crippen LogP contribution in [0.3, 0.4) is 0 Å². The minimum absolute atomic E-state index is 0.0283. The van der Waals surface area contributed by atoms with Crippen LogP contribution >= 0.6 is 0 Å². The lowest BCUT2D eigenvalue weighted by Gasteiger charge is -2.17. The van der Waals surface area contributed by atoms with Crippen LogP contribution in [0.25, 0.3) is 0 Å². The van der Waals surface area contributed by atoms with Crippen LogP contribution in [0.5, 0.6) is 11.5 Å². The maximum absolute atomic E-state index is 12.4. The Morgan fingerprint density at radius 1 is 1.17 bits per heavy atom. The number of aromatic nitrogens is 2. The number of aryl methyl sites for hydroxylation is 2. The molecule has 1 atom stereocenters. The lowest BCUT2D eigenvalue weighted by Crippen LogP contribution is -2.26. The molecule has 0 aliphatic heterocycles. The van der Waals surface area contributed by atoms with Gasteiger partial charge in [0.15, 0.2) is 11.5 Å². The third-order valence-electron chi connectivity index (χ3n) is 4.99. The number of pyridine rings is 1. The summed E-state index contributed by atoms with van der Waals surface area (Å²) in [4.78, 5) is 16.4. The standard InChI is InChI=1S/C23H27N3O4/c1-15(25-23(27)8-6-20-16(2)26-30-17(20)3)19-5-7-21(22(13-19)28-4)29-14-18-9-11-24-12-10-18/h5,7,9-13,15H,6,8,14H2,1-4H3,(H,25,27). The quantitative estimate of drug-likeness (QED) is 0.573. The highest BCUT2D eigenvalue weighted by Crippen LogP contribution is 2.31. The van der Waals surface area contributed by atoms with Crippen LogP contribution < -0.4 is 14.8 Å². The number of carbonyl (C=O) groups is 1. The van der Waals surface area contributed by atoms with Crippen molar-refractivity contribution in [1.29, 1.82) is 0 Å². The lowest BCUT2D eigenvalue weighted by molar-refractivity contribution is -0.121. The SMILES string of the molecule is COc1cc(C(C)NC(=O)CCc2c(C)noc2C)ccc1OCc1ccncc1. The van der Waals surface area contributed by atoms with Crippen molar-refractivity contribution in [2.24, 2.45) is 0 Å². The predicted molar refractivity (Wildman–Crippen MR) is 112 cm³/mol. The predicted octanol–water partition coefficient (Wildman–Crippen LogP) is 4.08. The number of methoxy groups -OCH3 is 1. The van der Waals surface area contributed by atoms with Gasteiger partial charge < -0.3 is 19.3 Å². The highest BCUT2D eigenvalue weighted by molar-refractivity contribution is 5.76. The molecule has 2 aromatic heterocycles. The number of amides is 1. The Balaban J connectivity index is 1.58.